The molecule has 1 rings (SSSR count). The second kappa shape index (κ2) is 7.56. The number of hydrogen-bond donors (Lipinski definition) is 1. The first-order valence-electron chi connectivity index (χ1n) is 6.53. The Kier molecular flexibility index (Phi) is 6.22. The van der Waals surface area contributed by atoms with E-state index in [1.165, 1.54) is 51.4 Å². The minimum absolute atomic E-state index is 1.25. The molecule has 0 spiro atoms. The maximum atomic E-state index is 3.25. The SMILES string of the molecule is CCCCCCc1c[nH]cc1CCCC. The van der Waals surface area contributed by atoms with Crippen molar-refractivity contribution in [1.29, 1.82) is 0 Å². The minimum atomic E-state index is 1.25. The largest absolute Gasteiger partial charge is 0.367 e. The number of unbranched alkanes of at least 4 members (excludes halogenated alkanes) is 4. The summed E-state index contributed by atoms with van der Waals surface area (Å²) in [7, 11) is 0. The first kappa shape index (κ1) is 12.4. The summed E-state index contributed by atoms with van der Waals surface area (Å²) in [6, 6.07) is 0. The van der Waals surface area contributed by atoms with E-state index in [-0.39, 0.29) is 0 Å². The van der Waals surface area contributed by atoms with Gasteiger partial charge in [0.2, 0.25) is 0 Å². The number of nitrogens with one attached hydrogen (secondary N) is 1. The van der Waals surface area contributed by atoms with Crippen LogP contribution in [0, 0.1) is 0 Å². The second-order valence-corrected chi connectivity index (χ2v) is 4.42. The van der Waals surface area contributed by atoms with Gasteiger partial charge in [0.1, 0.15) is 0 Å². The van der Waals surface area contributed by atoms with Crippen molar-refractivity contribution in [3.8, 4) is 0 Å². The van der Waals surface area contributed by atoms with Crippen molar-refractivity contribution in [2.45, 2.75) is 65.2 Å². The fourth-order valence-electron chi connectivity index (χ4n) is 2.00. The highest BCUT2D eigenvalue weighted by atomic mass is 14.6. The molecule has 1 N–H and O–H groups in total. The van der Waals surface area contributed by atoms with E-state index in [2.05, 4.69) is 31.2 Å². The van der Waals surface area contributed by atoms with Crippen LogP contribution >= 0.6 is 0 Å². The topological polar surface area (TPSA) is 15.8 Å². The van der Waals surface area contributed by atoms with Gasteiger partial charge in [0.05, 0.1) is 0 Å². The van der Waals surface area contributed by atoms with Crippen molar-refractivity contribution >= 4 is 0 Å². The third-order valence-electron chi connectivity index (χ3n) is 3.03. The van der Waals surface area contributed by atoms with Crippen LogP contribution in [0.1, 0.15) is 63.5 Å². The molecule has 1 aromatic rings. The minimum Gasteiger partial charge on any atom is -0.367 e. The molecule has 0 amide bonds. The van der Waals surface area contributed by atoms with Crippen LogP contribution in [-0.4, -0.2) is 4.98 Å². The molecule has 1 heteroatoms. The molecule has 86 valence electrons. The average molecular weight is 207 g/mol. The van der Waals surface area contributed by atoms with Crippen LogP contribution in [0.2, 0.25) is 0 Å². The van der Waals surface area contributed by atoms with Crippen LogP contribution in [0.25, 0.3) is 0 Å². The van der Waals surface area contributed by atoms with Gasteiger partial charge in [-0.05, 0) is 36.8 Å². The predicted octanol–water partition coefficient (Wildman–Crippen LogP) is 4.48. The highest BCUT2D eigenvalue weighted by Gasteiger charge is 2.02. The molecule has 1 heterocycles. The Labute approximate surface area is 94.3 Å². The molecule has 0 unspecified atom stereocenters. The molecule has 0 fully saturated rings. The van der Waals surface area contributed by atoms with Gasteiger partial charge in [-0.1, -0.05) is 39.5 Å². The highest BCUT2D eigenvalue weighted by Crippen LogP contribution is 2.15. The smallest absolute Gasteiger partial charge is 0.00401 e. The van der Waals surface area contributed by atoms with Crippen LogP contribution in [-0.2, 0) is 12.8 Å². The van der Waals surface area contributed by atoms with Gasteiger partial charge in [-0.2, -0.15) is 0 Å². The van der Waals surface area contributed by atoms with Gasteiger partial charge in [0, 0.05) is 12.4 Å². The van der Waals surface area contributed by atoms with E-state index in [4.69, 9.17) is 0 Å². The lowest BCUT2D eigenvalue weighted by molar-refractivity contribution is 0.663. The Morgan fingerprint density at radius 3 is 2.00 bits per heavy atom. The number of aromatic amines is 1. The third-order valence-corrected chi connectivity index (χ3v) is 3.03. The molecular formula is C14H25N. The van der Waals surface area contributed by atoms with Gasteiger partial charge in [-0.15, -0.1) is 0 Å². The van der Waals surface area contributed by atoms with Crippen LogP contribution < -0.4 is 0 Å². The zero-order valence-corrected chi connectivity index (χ0v) is 10.3. The Bertz CT molecular complexity index is 250. The van der Waals surface area contributed by atoms with E-state index in [0.717, 1.165) is 0 Å². The van der Waals surface area contributed by atoms with E-state index in [0.29, 0.717) is 0 Å². The van der Waals surface area contributed by atoms with Gasteiger partial charge in [0.15, 0.2) is 0 Å². The molecule has 1 aromatic heterocycles. The zero-order chi connectivity index (χ0) is 10.9. The molecule has 0 bridgehead atoms. The van der Waals surface area contributed by atoms with Crippen molar-refractivity contribution in [2.75, 3.05) is 0 Å². The van der Waals surface area contributed by atoms with Crippen molar-refractivity contribution < 1.29 is 0 Å². The summed E-state index contributed by atoms with van der Waals surface area (Å²) in [6.07, 6.45) is 15.0. The maximum Gasteiger partial charge on any atom is 0.00401 e. The van der Waals surface area contributed by atoms with Gasteiger partial charge in [0.25, 0.3) is 0 Å². The Morgan fingerprint density at radius 2 is 1.40 bits per heavy atom. The summed E-state index contributed by atoms with van der Waals surface area (Å²) in [5.41, 5.74) is 3.10. The molecule has 0 aliphatic rings. The quantitative estimate of drug-likeness (QED) is 0.605. The Hall–Kier alpha value is -0.720. The van der Waals surface area contributed by atoms with Gasteiger partial charge in [-0.3, -0.25) is 0 Å². The number of aryl methyl sites for hydroxylation is 2. The van der Waals surface area contributed by atoms with Crippen molar-refractivity contribution in [1.82, 2.24) is 4.98 Å². The fraction of sp³-hybridized carbons (Fsp3) is 0.714. The predicted molar refractivity (Wildman–Crippen MR) is 67.3 cm³/mol. The lowest BCUT2D eigenvalue weighted by Gasteiger charge is -2.02. The summed E-state index contributed by atoms with van der Waals surface area (Å²) < 4.78 is 0. The lowest BCUT2D eigenvalue weighted by Crippen LogP contribution is -1.90. The van der Waals surface area contributed by atoms with E-state index < -0.39 is 0 Å². The van der Waals surface area contributed by atoms with E-state index in [9.17, 15) is 0 Å². The number of hydrogen-bond acceptors (Lipinski definition) is 0. The molecule has 15 heavy (non-hydrogen) atoms. The second-order valence-electron chi connectivity index (χ2n) is 4.42. The summed E-state index contributed by atoms with van der Waals surface area (Å²) in [5, 5.41) is 0. The average Bonchev–Trinajstić information content (AvgIpc) is 2.69. The van der Waals surface area contributed by atoms with E-state index >= 15 is 0 Å². The molecule has 0 saturated heterocycles. The number of rotatable bonds is 8. The lowest BCUT2D eigenvalue weighted by atomic mass is 10.0. The molecule has 0 aliphatic carbocycles. The molecule has 1 nitrogen and oxygen atoms in total. The van der Waals surface area contributed by atoms with Crippen LogP contribution in [0.15, 0.2) is 12.4 Å². The zero-order valence-electron chi connectivity index (χ0n) is 10.3. The van der Waals surface area contributed by atoms with Gasteiger partial charge >= 0.3 is 0 Å². The molecule has 0 radical (unpaired) electrons. The highest BCUT2D eigenvalue weighted by molar-refractivity contribution is 5.23. The standard InChI is InChI=1S/C14H25N/c1-3-5-7-8-10-14-12-15-11-13(14)9-6-4-2/h11-12,15H,3-10H2,1-2H3. The van der Waals surface area contributed by atoms with E-state index in [1.54, 1.807) is 11.1 Å². The summed E-state index contributed by atoms with van der Waals surface area (Å²) in [5.74, 6) is 0. The fourth-order valence-corrected chi connectivity index (χ4v) is 2.00. The molecular weight excluding hydrogens is 182 g/mol. The van der Waals surface area contributed by atoms with Crippen LogP contribution in [0.5, 0.6) is 0 Å². The van der Waals surface area contributed by atoms with Crippen molar-refractivity contribution in [3.05, 3.63) is 23.5 Å². The molecule has 0 atom stereocenters. The van der Waals surface area contributed by atoms with Crippen molar-refractivity contribution in [3.63, 3.8) is 0 Å². The van der Waals surface area contributed by atoms with Gasteiger partial charge < -0.3 is 4.98 Å². The first-order chi connectivity index (χ1) is 7.38. The van der Waals surface area contributed by atoms with Gasteiger partial charge in [-0.25, -0.2) is 0 Å². The normalized spacial score (nSPS) is 10.8. The summed E-state index contributed by atoms with van der Waals surface area (Å²) in [6.45, 7) is 4.52. The molecule has 0 aromatic carbocycles. The van der Waals surface area contributed by atoms with Crippen molar-refractivity contribution in [2.24, 2.45) is 0 Å². The first-order valence-corrected chi connectivity index (χ1v) is 6.53. The molecule has 0 saturated carbocycles. The third kappa shape index (κ3) is 4.55. The van der Waals surface area contributed by atoms with E-state index in [1.807, 2.05) is 0 Å². The summed E-state index contributed by atoms with van der Waals surface area (Å²) in [4.78, 5) is 3.25. The monoisotopic (exact) mass is 207 g/mol. The molecule has 0 aliphatic heterocycles. The number of aromatic nitrogens is 1. The van der Waals surface area contributed by atoms with Crippen LogP contribution in [0.4, 0.5) is 0 Å². The maximum absolute atomic E-state index is 3.25. The van der Waals surface area contributed by atoms with Crippen LogP contribution in [0.3, 0.4) is 0 Å². The summed E-state index contributed by atoms with van der Waals surface area (Å²) >= 11 is 0. The Morgan fingerprint density at radius 1 is 0.800 bits per heavy atom. The Balaban J connectivity index is 2.29. The number of H-pyrrole nitrogens is 1.